The van der Waals surface area contributed by atoms with Crippen molar-refractivity contribution < 1.29 is 4.79 Å². The van der Waals surface area contributed by atoms with E-state index in [0.29, 0.717) is 12.6 Å². The Labute approximate surface area is 150 Å². The molecule has 1 aromatic heterocycles. The number of para-hydroxylation sites is 1. The largest absolute Gasteiger partial charge is 0.381 e. The Morgan fingerprint density at radius 2 is 2.04 bits per heavy atom. The van der Waals surface area contributed by atoms with E-state index in [-0.39, 0.29) is 5.91 Å². The molecule has 0 radical (unpaired) electrons. The average Bonchev–Trinajstić information content (AvgIpc) is 2.89. The summed E-state index contributed by atoms with van der Waals surface area (Å²) in [6.07, 6.45) is 3.09. The fourth-order valence-electron chi connectivity index (χ4n) is 3.72. The normalized spacial score (nSPS) is 17.6. The number of nitrogens with zero attached hydrogens (tertiary/aromatic N) is 3. The van der Waals surface area contributed by atoms with Crippen LogP contribution in [0.1, 0.15) is 36.7 Å². The summed E-state index contributed by atoms with van der Waals surface area (Å²) >= 11 is 0. The number of anilines is 1. The first-order chi connectivity index (χ1) is 12.1. The molecule has 1 aromatic carbocycles. The maximum absolute atomic E-state index is 12.8. The minimum Gasteiger partial charge on any atom is -0.381 e. The van der Waals surface area contributed by atoms with Crippen LogP contribution >= 0.6 is 0 Å². The molecule has 1 aliphatic rings. The van der Waals surface area contributed by atoms with Gasteiger partial charge in [0.1, 0.15) is 6.54 Å². The quantitative estimate of drug-likeness (QED) is 0.909. The van der Waals surface area contributed by atoms with Crippen LogP contribution in [0, 0.1) is 13.8 Å². The number of aryl methyl sites for hydroxylation is 1. The van der Waals surface area contributed by atoms with Gasteiger partial charge in [0.05, 0.1) is 5.69 Å². The van der Waals surface area contributed by atoms with Crippen LogP contribution in [0.15, 0.2) is 30.3 Å². The molecule has 1 amide bonds. The van der Waals surface area contributed by atoms with E-state index in [4.69, 9.17) is 0 Å². The number of amides is 1. The molecule has 1 fully saturated rings. The lowest BCUT2D eigenvalue weighted by Gasteiger charge is -2.33. The van der Waals surface area contributed by atoms with Crippen LogP contribution in [-0.4, -0.2) is 39.7 Å². The first-order valence-corrected chi connectivity index (χ1v) is 9.20. The van der Waals surface area contributed by atoms with Gasteiger partial charge in [0.25, 0.3) is 0 Å². The summed E-state index contributed by atoms with van der Waals surface area (Å²) in [5, 5.41) is 8.10. The van der Waals surface area contributed by atoms with E-state index in [1.165, 1.54) is 5.56 Å². The Morgan fingerprint density at radius 3 is 2.72 bits per heavy atom. The SMILES string of the molecule is CCc1c(C)nn(CC(=O)N2CCC[C@@H](Nc3ccccc3)C2)c1C. The second kappa shape index (κ2) is 7.72. The van der Waals surface area contributed by atoms with Crippen molar-refractivity contribution in [2.75, 3.05) is 18.4 Å². The molecule has 2 heterocycles. The number of carbonyl (C=O) groups is 1. The van der Waals surface area contributed by atoms with Crippen molar-refractivity contribution in [3.05, 3.63) is 47.3 Å². The number of carbonyl (C=O) groups excluding carboxylic acids is 1. The molecule has 0 spiro atoms. The van der Waals surface area contributed by atoms with Crippen LogP contribution < -0.4 is 5.32 Å². The minimum atomic E-state index is 0.160. The summed E-state index contributed by atoms with van der Waals surface area (Å²) in [7, 11) is 0. The highest BCUT2D eigenvalue weighted by molar-refractivity contribution is 5.76. The topological polar surface area (TPSA) is 50.2 Å². The van der Waals surface area contributed by atoms with E-state index in [1.54, 1.807) is 0 Å². The van der Waals surface area contributed by atoms with Crippen molar-refractivity contribution in [1.82, 2.24) is 14.7 Å². The standard InChI is InChI=1S/C20H28N4O/c1-4-19-15(2)22-24(16(19)3)14-20(25)23-12-8-11-18(13-23)21-17-9-6-5-7-10-17/h5-7,9-10,18,21H,4,8,11-14H2,1-3H3/t18-/m1/s1. The molecule has 1 atom stereocenters. The average molecular weight is 340 g/mol. The Bertz CT molecular complexity index is 723. The molecule has 0 saturated carbocycles. The Kier molecular flexibility index (Phi) is 5.41. The third-order valence-electron chi connectivity index (χ3n) is 5.09. The zero-order valence-corrected chi connectivity index (χ0v) is 15.5. The number of rotatable bonds is 5. The van der Waals surface area contributed by atoms with E-state index < -0.39 is 0 Å². The predicted molar refractivity (Wildman–Crippen MR) is 101 cm³/mol. The number of benzene rings is 1. The molecule has 3 rings (SSSR count). The molecule has 1 saturated heterocycles. The molecule has 0 unspecified atom stereocenters. The molecular formula is C20H28N4O. The van der Waals surface area contributed by atoms with Crippen molar-refractivity contribution in [2.45, 2.75) is 52.6 Å². The lowest BCUT2D eigenvalue weighted by molar-refractivity contribution is -0.133. The maximum atomic E-state index is 12.8. The fourth-order valence-corrected chi connectivity index (χ4v) is 3.72. The zero-order valence-electron chi connectivity index (χ0n) is 15.5. The Balaban J connectivity index is 1.62. The third kappa shape index (κ3) is 4.03. The molecular weight excluding hydrogens is 312 g/mol. The lowest BCUT2D eigenvalue weighted by Crippen LogP contribution is -2.46. The van der Waals surface area contributed by atoms with E-state index in [2.05, 4.69) is 36.4 Å². The summed E-state index contributed by atoms with van der Waals surface area (Å²) in [5.74, 6) is 0.160. The summed E-state index contributed by atoms with van der Waals surface area (Å²) in [6.45, 7) is 8.15. The number of aromatic nitrogens is 2. The van der Waals surface area contributed by atoms with E-state index in [1.807, 2.05) is 34.7 Å². The van der Waals surface area contributed by atoms with Gasteiger partial charge in [0.15, 0.2) is 0 Å². The van der Waals surface area contributed by atoms with Crippen molar-refractivity contribution in [1.29, 1.82) is 0 Å². The van der Waals surface area contributed by atoms with Gasteiger partial charge in [0, 0.05) is 30.5 Å². The van der Waals surface area contributed by atoms with Gasteiger partial charge >= 0.3 is 0 Å². The van der Waals surface area contributed by atoms with Gasteiger partial charge in [-0.15, -0.1) is 0 Å². The van der Waals surface area contributed by atoms with Crippen molar-refractivity contribution >= 4 is 11.6 Å². The first kappa shape index (κ1) is 17.5. The molecule has 1 N–H and O–H groups in total. The number of nitrogens with one attached hydrogen (secondary N) is 1. The number of likely N-dealkylation sites (tertiary alicyclic amines) is 1. The highest BCUT2D eigenvalue weighted by Crippen LogP contribution is 2.18. The summed E-state index contributed by atoms with van der Waals surface area (Å²) < 4.78 is 1.87. The lowest BCUT2D eigenvalue weighted by atomic mass is 10.1. The van der Waals surface area contributed by atoms with Gasteiger partial charge in [-0.2, -0.15) is 5.10 Å². The second-order valence-electron chi connectivity index (χ2n) is 6.85. The van der Waals surface area contributed by atoms with Gasteiger partial charge in [-0.3, -0.25) is 9.48 Å². The number of piperidine rings is 1. The molecule has 2 aromatic rings. The van der Waals surface area contributed by atoms with Crippen LogP contribution in [0.5, 0.6) is 0 Å². The van der Waals surface area contributed by atoms with Crippen LogP contribution in [0.4, 0.5) is 5.69 Å². The molecule has 0 aliphatic carbocycles. The smallest absolute Gasteiger partial charge is 0.244 e. The Morgan fingerprint density at radius 1 is 1.28 bits per heavy atom. The molecule has 134 valence electrons. The van der Waals surface area contributed by atoms with E-state index in [0.717, 1.165) is 49.4 Å². The maximum Gasteiger partial charge on any atom is 0.244 e. The summed E-state index contributed by atoms with van der Waals surface area (Å²) in [6, 6.07) is 10.5. The molecule has 0 bridgehead atoms. The van der Waals surface area contributed by atoms with Crippen LogP contribution in [0.3, 0.4) is 0 Å². The van der Waals surface area contributed by atoms with Crippen molar-refractivity contribution in [3.8, 4) is 0 Å². The van der Waals surface area contributed by atoms with Crippen LogP contribution in [-0.2, 0) is 17.8 Å². The van der Waals surface area contributed by atoms with Crippen molar-refractivity contribution in [3.63, 3.8) is 0 Å². The van der Waals surface area contributed by atoms with Gasteiger partial charge in [-0.05, 0) is 50.8 Å². The highest BCUT2D eigenvalue weighted by Gasteiger charge is 2.24. The summed E-state index contributed by atoms with van der Waals surface area (Å²) in [5.41, 5.74) is 4.53. The third-order valence-corrected chi connectivity index (χ3v) is 5.09. The predicted octanol–water partition coefficient (Wildman–Crippen LogP) is 3.17. The number of hydrogen-bond acceptors (Lipinski definition) is 3. The second-order valence-corrected chi connectivity index (χ2v) is 6.85. The van der Waals surface area contributed by atoms with Crippen LogP contribution in [0.25, 0.3) is 0 Å². The van der Waals surface area contributed by atoms with E-state index >= 15 is 0 Å². The van der Waals surface area contributed by atoms with Gasteiger partial charge in [0.2, 0.25) is 5.91 Å². The van der Waals surface area contributed by atoms with Gasteiger partial charge in [-0.25, -0.2) is 0 Å². The molecule has 25 heavy (non-hydrogen) atoms. The van der Waals surface area contributed by atoms with Crippen molar-refractivity contribution in [2.24, 2.45) is 0 Å². The van der Waals surface area contributed by atoms with E-state index in [9.17, 15) is 4.79 Å². The fraction of sp³-hybridized carbons (Fsp3) is 0.500. The zero-order chi connectivity index (χ0) is 17.8. The van der Waals surface area contributed by atoms with Crippen LogP contribution in [0.2, 0.25) is 0 Å². The first-order valence-electron chi connectivity index (χ1n) is 9.20. The monoisotopic (exact) mass is 340 g/mol. The molecule has 5 nitrogen and oxygen atoms in total. The molecule has 5 heteroatoms. The highest BCUT2D eigenvalue weighted by atomic mass is 16.2. The Hall–Kier alpha value is -2.30. The summed E-state index contributed by atoms with van der Waals surface area (Å²) in [4.78, 5) is 14.7. The molecule has 1 aliphatic heterocycles. The minimum absolute atomic E-state index is 0.160. The van der Waals surface area contributed by atoms with Gasteiger partial charge < -0.3 is 10.2 Å². The number of hydrogen-bond donors (Lipinski definition) is 1. The van der Waals surface area contributed by atoms with Gasteiger partial charge in [-0.1, -0.05) is 25.1 Å².